The zero-order valence-corrected chi connectivity index (χ0v) is 10.7. The van der Waals surface area contributed by atoms with Crippen LogP contribution < -0.4 is 0 Å². The summed E-state index contributed by atoms with van der Waals surface area (Å²) in [6, 6.07) is 9.09. The Labute approximate surface area is 95.9 Å². The molecule has 0 saturated heterocycles. The van der Waals surface area contributed by atoms with Crippen LogP contribution in [0, 0.1) is 0 Å². The van der Waals surface area contributed by atoms with Gasteiger partial charge in [-0.1, -0.05) is 60.5 Å². The second-order valence-corrected chi connectivity index (χ2v) is 4.66. The van der Waals surface area contributed by atoms with Gasteiger partial charge in [0.15, 0.2) is 0 Å². The number of rotatable bonds is 5. The molecule has 0 aliphatic rings. The topological polar surface area (TPSA) is 0 Å². The zero-order valence-electron chi connectivity index (χ0n) is 9.09. The van der Waals surface area contributed by atoms with E-state index in [2.05, 4.69) is 54.0 Å². The molecule has 1 heteroatoms. The molecule has 0 aliphatic heterocycles. The van der Waals surface area contributed by atoms with E-state index in [9.17, 15) is 0 Å². The van der Waals surface area contributed by atoms with Crippen molar-refractivity contribution in [3.8, 4) is 0 Å². The molecular formula is C13H19Br. The first-order chi connectivity index (χ1) is 6.77. The summed E-state index contributed by atoms with van der Waals surface area (Å²) in [5.41, 5.74) is 2.92. The van der Waals surface area contributed by atoms with Gasteiger partial charge in [0.2, 0.25) is 0 Å². The highest BCUT2D eigenvalue weighted by Crippen LogP contribution is 2.20. The van der Waals surface area contributed by atoms with E-state index >= 15 is 0 Å². The van der Waals surface area contributed by atoms with Crippen LogP contribution in [0.4, 0.5) is 0 Å². The maximum Gasteiger partial charge on any atom is 0.00370 e. The average molecular weight is 255 g/mol. The first kappa shape index (κ1) is 11.8. The van der Waals surface area contributed by atoms with Gasteiger partial charge in [-0.2, -0.15) is 0 Å². The number of alkyl halides is 1. The van der Waals surface area contributed by atoms with Gasteiger partial charge < -0.3 is 0 Å². The molecule has 0 radical (unpaired) electrons. The highest BCUT2D eigenvalue weighted by molar-refractivity contribution is 9.09. The Morgan fingerprint density at radius 1 is 1.21 bits per heavy atom. The Hall–Kier alpha value is -0.300. The molecule has 78 valence electrons. The predicted octanol–water partition coefficient (Wildman–Crippen LogP) is 4.53. The summed E-state index contributed by atoms with van der Waals surface area (Å²) < 4.78 is 0. The van der Waals surface area contributed by atoms with E-state index in [1.54, 1.807) is 0 Å². The molecule has 0 nitrogen and oxygen atoms in total. The molecule has 1 atom stereocenters. The van der Waals surface area contributed by atoms with Gasteiger partial charge in [-0.25, -0.2) is 0 Å². The molecule has 0 bridgehead atoms. The lowest BCUT2D eigenvalue weighted by molar-refractivity contribution is 0.743. The molecule has 0 amide bonds. The third kappa shape index (κ3) is 3.45. The van der Waals surface area contributed by atoms with Gasteiger partial charge >= 0.3 is 0 Å². The van der Waals surface area contributed by atoms with Crippen molar-refractivity contribution in [3.05, 3.63) is 35.4 Å². The van der Waals surface area contributed by atoms with E-state index in [0.29, 0.717) is 5.92 Å². The van der Waals surface area contributed by atoms with Crippen molar-refractivity contribution >= 4 is 15.9 Å². The van der Waals surface area contributed by atoms with Crippen molar-refractivity contribution in [2.45, 2.75) is 39.0 Å². The van der Waals surface area contributed by atoms with Gasteiger partial charge in [-0.3, -0.25) is 0 Å². The fourth-order valence-corrected chi connectivity index (χ4v) is 2.32. The standard InChI is InChI=1S/C13H19Br/c1-3-4-12-5-7-13(8-6-12)11(2)9-10-14/h5-8,11H,3-4,9-10H2,1-2H3. The fraction of sp³-hybridized carbons (Fsp3) is 0.538. The minimum Gasteiger partial charge on any atom is -0.0928 e. The van der Waals surface area contributed by atoms with Crippen LogP contribution in [0.5, 0.6) is 0 Å². The van der Waals surface area contributed by atoms with Crippen LogP contribution in [-0.2, 0) is 6.42 Å². The third-order valence-electron chi connectivity index (χ3n) is 2.63. The van der Waals surface area contributed by atoms with Crippen LogP contribution in [0.1, 0.15) is 43.7 Å². The maximum atomic E-state index is 3.49. The Morgan fingerprint density at radius 2 is 1.86 bits per heavy atom. The molecular weight excluding hydrogens is 236 g/mol. The van der Waals surface area contributed by atoms with Crippen molar-refractivity contribution in [1.29, 1.82) is 0 Å². The second-order valence-electron chi connectivity index (χ2n) is 3.87. The molecule has 0 heterocycles. The van der Waals surface area contributed by atoms with Crippen molar-refractivity contribution in [3.63, 3.8) is 0 Å². The van der Waals surface area contributed by atoms with E-state index in [1.807, 2.05) is 0 Å². The minimum absolute atomic E-state index is 0.671. The smallest absolute Gasteiger partial charge is 0.00370 e. The number of hydrogen-bond acceptors (Lipinski definition) is 0. The summed E-state index contributed by atoms with van der Waals surface area (Å²) in [7, 11) is 0. The molecule has 1 unspecified atom stereocenters. The molecule has 0 N–H and O–H groups in total. The van der Waals surface area contributed by atoms with Crippen LogP contribution in [0.15, 0.2) is 24.3 Å². The highest BCUT2D eigenvalue weighted by Gasteiger charge is 2.03. The van der Waals surface area contributed by atoms with E-state index < -0.39 is 0 Å². The highest BCUT2D eigenvalue weighted by atomic mass is 79.9. The van der Waals surface area contributed by atoms with Crippen molar-refractivity contribution in [2.75, 3.05) is 5.33 Å². The average Bonchev–Trinajstić information content (AvgIpc) is 2.20. The number of aryl methyl sites for hydroxylation is 1. The molecule has 0 aliphatic carbocycles. The molecule has 0 fully saturated rings. The Kier molecular flexibility index (Phi) is 5.24. The Bertz CT molecular complexity index is 250. The van der Waals surface area contributed by atoms with E-state index in [-0.39, 0.29) is 0 Å². The molecule has 14 heavy (non-hydrogen) atoms. The maximum absolute atomic E-state index is 3.49. The molecule has 0 spiro atoms. The van der Waals surface area contributed by atoms with Crippen LogP contribution >= 0.6 is 15.9 Å². The monoisotopic (exact) mass is 254 g/mol. The summed E-state index contributed by atoms with van der Waals surface area (Å²) in [6.45, 7) is 4.51. The van der Waals surface area contributed by atoms with Crippen LogP contribution in [-0.4, -0.2) is 5.33 Å². The molecule has 1 aromatic rings. The lowest BCUT2D eigenvalue weighted by atomic mass is 9.97. The zero-order chi connectivity index (χ0) is 10.4. The van der Waals surface area contributed by atoms with Gasteiger partial charge in [0.25, 0.3) is 0 Å². The summed E-state index contributed by atoms with van der Waals surface area (Å²) in [5.74, 6) is 0.671. The molecule has 0 aromatic heterocycles. The normalized spacial score (nSPS) is 12.8. The minimum atomic E-state index is 0.671. The summed E-state index contributed by atoms with van der Waals surface area (Å²) >= 11 is 3.49. The van der Waals surface area contributed by atoms with Gasteiger partial charge in [-0.15, -0.1) is 0 Å². The van der Waals surface area contributed by atoms with E-state index in [4.69, 9.17) is 0 Å². The SMILES string of the molecule is CCCc1ccc(C(C)CCBr)cc1. The third-order valence-corrected chi connectivity index (χ3v) is 3.09. The van der Waals surface area contributed by atoms with Gasteiger partial charge in [0.05, 0.1) is 0 Å². The molecule has 1 aromatic carbocycles. The number of hydrogen-bond donors (Lipinski definition) is 0. The van der Waals surface area contributed by atoms with E-state index in [1.165, 1.54) is 30.4 Å². The Balaban J connectivity index is 2.62. The van der Waals surface area contributed by atoms with Gasteiger partial charge in [0, 0.05) is 5.33 Å². The second kappa shape index (κ2) is 6.23. The summed E-state index contributed by atoms with van der Waals surface area (Å²) in [4.78, 5) is 0. The lowest BCUT2D eigenvalue weighted by Gasteiger charge is -2.10. The van der Waals surface area contributed by atoms with Gasteiger partial charge in [-0.05, 0) is 29.9 Å². The van der Waals surface area contributed by atoms with Gasteiger partial charge in [0.1, 0.15) is 0 Å². The quantitative estimate of drug-likeness (QED) is 0.678. The van der Waals surface area contributed by atoms with Crippen LogP contribution in [0.25, 0.3) is 0 Å². The molecule has 1 rings (SSSR count). The Morgan fingerprint density at radius 3 is 2.36 bits per heavy atom. The number of halogens is 1. The summed E-state index contributed by atoms with van der Waals surface area (Å²) in [5, 5.41) is 1.09. The molecule has 0 saturated carbocycles. The van der Waals surface area contributed by atoms with Crippen molar-refractivity contribution < 1.29 is 0 Å². The lowest BCUT2D eigenvalue weighted by Crippen LogP contribution is -1.94. The van der Waals surface area contributed by atoms with E-state index in [0.717, 1.165) is 5.33 Å². The van der Waals surface area contributed by atoms with Crippen LogP contribution in [0.3, 0.4) is 0 Å². The first-order valence-electron chi connectivity index (χ1n) is 5.42. The fourth-order valence-electron chi connectivity index (χ4n) is 1.63. The predicted molar refractivity (Wildman–Crippen MR) is 67.3 cm³/mol. The first-order valence-corrected chi connectivity index (χ1v) is 6.55. The largest absolute Gasteiger partial charge is 0.0928 e. The van der Waals surface area contributed by atoms with Crippen molar-refractivity contribution in [1.82, 2.24) is 0 Å². The number of benzene rings is 1. The van der Waals surface area contributed by atoms with Crippen LogP contribution in [0.2, 0.25) is 0 Å². The van der Waals surface area contributed by atoms with Crippen molar-refractivity contribution in [2.24, 2.45) is 0 Å². The summed E-state index contributed by atoms with van der Waals surface area (Å²) in [6.07, 6.45) is 3.65.